The van der Waals surface area contributed by atoms with E-state index in [4.69, 9.17) is 4.74 Å². The summed E-state index contributed by atoms with van der Waals surface area (Å²) in [4.78, 5) is 16.6. The first-order chi connectivity index (χ1) is 12.8. The van der Waals surface area contributed by atoms with Crippen molar-refractivity contribution in [2.45, 2.75) is 25.4 Å². The van der Waals surface area contributed by atoms with Crippen LogP contribution in [0, 0.1) is 0 Å². The standard InChI is InChI=1S/C16H18N8O2/c25-14(9-24-16(21-22-23-24)11-4-2-1-3-5-11)17-8-13-18-15(20-19-13)12-6-7-26-10-12/h1-5,12H,6-10H2,(H,17,25)(H,18,19,20). The average molecular weight is 354 g/mol. The van der Waals surface area contributed by atoms with Crippen LogP contribution < -0.4 is 5.32 Å². The van der Waals surface area contributed by atoms with Gasteiger partial charge in [-0.2, -0.15) is 5.10 Å². The van der Waals surface area contributed by atoms with E-state index in [0.717, 1.165) is 24.4 Å². The Morgan fingerprint density at radius 2 is 2.23 bits per heavy atom. The number of benzene rings is 1. The van der Waals surface area contributed by atoms with Crippen LogP contribution in [-0.2, 0) is 22.6 Å². The summed E-state index contributed by atoms with van der Waals surface area (Å²) in [6.45, 7) is 1.67. The number of amides is 1. The Labute approximate surface area is 149 Å². The molecule has 3 heterocycles. The highest BCUT2D eigenvalue weighted by atomic mass is 16.5. The number of carbonyl (C=O) groups is 1. The molecule has 1 atom stereocenters. The van der Waals surface area contributed by atoms with Crippen molar-refractivity contribution in [3.05, 3.63) is 42.0 Å². The lowest BCUT2D eigenvalue weighted by Crippen LogP contribution is -2.28. The lowest BCUT2D eigenvalue weighted by atomic mass is 10.1. The predicted octanol–water partition coefficient (Wildman–Crippen LogP) is 0.278. The second kappa shape index (κ2) is 7.40. The summed E-state index contributed by atoms with van der Waals surface area (Å²) >= 11 is 0. The van der Waals surface area contributed by atoms with Crippen LogP contribution >= 0.6 is 0 Å². The monoisotopic (exact) mass is 354 g/mol. The van der Waals surface area contributed by atoms with Crippen LogP contribution in [0.4, 0.5) is 0 Å². The van der Waals surface area contributed by atoms with Crippen molar-refractivity contribution >= 4 is 5.91 Å². The maximum atomic E-state index is 12.2. The molecule has 1 saturated heterocycles. The van der Waals surface area contributed by atoms with Crippen LogP contribution in [0.3, 0.4) is 0 Å². The Hall–Kier alpha value is -3.14. The van der Waals surface area contributed by atoms with Crippen LogP contribution in [0.25, 0.3) is 11.4 Å². The summed E-state index contributed by atoms with van der Waals surface area (Å²) < 4.78 is 6.80. The van der Waals surface area contributed by atoms with Crippen molar-refractivity contribution in [1.29, 1.82) is 0 Å². The molecule has 10 heteroatoms. The van der Waals surface area contributed by atoms with E-state index in [1.165, 1.54) is 4.68 Å². The van der Waals surface area contributed by atoms with Gasteiger partial charge in [-0.25, -0.2) is 9.67 Å². The molecule has 0 spiro atoms. The number of ether oxygens (including phenoxy) is 1. The first-order valence-corrected chi connectivity index (χ1v) is 8.37. The number of aromatic amines is 1. The van der Waals surface area contributed by atoms with Crippen LogP contribution in [-0.4, -0.2) is 54.5 Å². The second-order valence-corrected chi connectivity index (χ2v) is 6.00. The molecule has 0 radical (unpaired) electrons. The smallest absolute Gasteiger partial charge is 0.242 e. The molecule has 4 rings (SSSR count). The Morgan fingerprint density at radius 1 is 1.35 bits per heavy atom. The number of nitrogens with one attached hydrogen (secondary N) is 2. The van der Waals surface area contributed by atoms with Crippen LogP contribution in [0.1, 0.15) is 24.0 Å². The molecule has 0 saturated carbocycles. The lowest BCUT2D eigenvalue weighted by molar-refractivity contribution is -0.122. The topological polar surface area (TPSA) is 124 Å². The normalized spacial score (nSPS) is 16.7. The molecule has 0 bridgehead atoms. The number of H-pyrrole nitrogens is 1. The van der Waals surface area contributed by atoms with Gasteiger partial charge in [0.1, 0.15) is 12.4 Å². The molecule has 0 aliphatic carbocycles. The van der Waals surface area contributed by atoms with E-state index in [-0.39, 0.29) is 24.9 Å². The molecule has 1 aliphatic rings. The molecule has 2 aromatic heterocycles. The minimum Gasteiger partial charge on any atom is -0.381 e. The Balaban J connectivity index is 1.34. The van der Waals surface area contributed by atoms with Crippen molar-refractivity contribution in [3.63, 3.8) is 0 Å². The third-order valence-electron chi connectivity index (χ3n) is 4.15. The molecule has 3 aromatic rings. The van der Waals surface area contributed by atoms with Gasteiger partial charge in [0.25, 0.3) is 0 Å². The minimum absolute atomic E-state index is 0.0225. The van der Waals surface area contributed by atoms with Gasteiger partial charge in [-0.3, -0.25) is 9.89 Å². The third kappa shape index (κ3) is 3.59. The van der Waals surface area contributed by atoms with Gasteiger partial charge in [-0.15, -0.1) is 5.10 Å². The zero-order valence-electron chi connectivity index (χ0n) is 14.0. The highest BCUT2D eigenvalue weighted by Crippen LogP contribution is 2.21. The molecule has 26 heavy (non-hydrogen) atoms. The van der Waals surface area contributed by atoms with E-state index in [1.807, 2.05) is 30.3 Å². The van der Waals surface area contributed by atoms with Gasteiger partial charge in [-0.1, -0.05) is 30.3 Å². The fourth-order valence-electron chi connectivity index (χ4n) is 2.79. The van der Waals surface area contributed by atoms with Crippen molar-refractivity contribution in [3.8, 4) is 11.4 Å². The summed E-state index contributed by atoms with van der Waals surface area (Å²) in [5.74, 6) is 1.91. The van der Waals surface area contributed by atoms with Crippen LogP contribution in [0.5, 0.6) is 0 Å². The fourth-order valence-corrected chi connectivity index (χ4v) is 2.79. The number of hydrogen-bond donors (Lipinski definition) is 2. The molecule has 1 aliphatic heterocycles. The van der Waals surface area contributed by atoms with Crippen LogP contribution in [0.2, 0.25) is 0 Å². The Bertz CT molecular complexity index is 869. The minimum atomic E-state index is -0.211. The average Bonchev–Trinajstić information content (AvgIpc) is 3.41. The lowest BCUT2D eigenvalue weighted by Gasteiger charge is -2.05. The van der Waals surface area contributed by atoms with Gasteiger partial charge in [-0.05, 0) is 16.8 Å². The first-order valence-electron chi connectivity index (χ1n) is 8.37. The SMILES string of the molecule is O=C(Cn1nnnc1-c1ccccc1)NCc1nc(C2CCOC2)n[nH]1. The Morgan fingerprint density at radius 3 is 3.04 bits per heavy atom. The number of nitrogens with zero attached hydrogens (tertiary/aromatic N) is 6. The summed E-state index contributed by atoms with van der Waals surface area (Å²) in [5, 5.41) is 21.4. The van der Waals surface area contributed by atoms with Gasteiger partial charge in [0.2, 0.25) is 5.91 Å². The van der Waals surface area contributed by atoms with Crippen molar-refractivity contribution in [1.82, 2.24) is 40.7 Å². The maximum absolute atomic E-state index is 12.2. The zero-order valence-corrected chi connectivity index (χ0v) is 14.0. The van der Waals surface area contributed by atoms with Crippen molar-refractivity contribution < 1.29 is 9.53 Å². The van der Waals surface area contributed by atoms with E-state index < -0.39 is 0 Å². The largest absolute Gasteiger partial charge is 0.381 e. The van der Waals surface area contributed by atoms with E-state index in [9.17, 15) is 4.79 Å². The highest BCUT2D eigenvalue weighted by molar-refractivity contribution is 5.76. The summed E-state index contributed by atoms with van der Waals surface area (Å²) in [6.07, 6.45) is 0.922. The quantitative estimate of drug-likeness (QED) is 0.651. The molecule has 2 N–H and O–H groups in total. The number of rotatable bonds is 6. The molecular formula is C16H18N8O2. The summed E-state index contributed by atoms with van der Waals surface area (Å²) in [5.41, 5.74) is 0.851. The fraction of sp³-hybridized carbons (Fsp3) is 0.375. The van der Waals surface area contributed by atoms with Gasteiger partial charge in [0, 0.05) is 18.1 Å². The molecule has 1 amide bonds. The van der Waals surface area contributed by atoms with Gasteiger partial charge in [0.15, 0.2) is 11.6 Å². The second-order valence-electron chi connectivity index (χ2n) is 6.00. The number of hydrogen-bond acceptors (Lipinski definition) is 7. The van der Waals surface area contributed by atoms with Gasteiger partial charge >= 0.3 is 0 Å². The molecular weight excluding hydrogens is 336 g/mol. The molecule has 1 unspecified atom stereocenters. The number of aromatic nitrogens is 7. The third-order valence-corrected chi connectivity index (χ3v) is 4.15. The Kier molecular flexibility index (Phi) is 4.65. The number of carbonyl (C=O) groups excluding carboxylic acids is 1. The predicted molar refractivity (Wildman–Crippen MR) is 89.7 cm³/mol. The molecule has 134 valence electrons. The van der Waals surface area contributed by atoms with Crippen molar-refractivity contribution in [2.75, 3.05) is 13.2 Å². The highest BCUT2D eigenvalue weighted by Gasteiger charge is 2.22. The van der Waals surface area contributed by atoms with E-state index in [0.29, 0.717) is 18.3 Å². The van der Waals surface area contributed by atoms with E-state index in [2.05, 4.69) is 36.0 Å². The zero-order chi connectivity index (χ0) is 17.8. The van der Waals surface area contributed by atoms with Gasteiger partial charge in [0.05, 0.1) is 13.2 Å². The maximum Gasteiger partial charge on any atom is 0.242 e. The van der Waals surface area contributed by atoms with Crippen molar-refractivity contribution in [2.24, 2.45) is 0 Å². The van der Waals surface area contributed by atoms with Gasteiger partial charge < -0.3 is 10.1 Å². The molecule has 1 fully saturated rings. The van der Waals surface area contributed by atoms with E-state index >= 15 is 0 Å². The van der Waals surface area contributed by atoms with E-state index in [1.54, 1.807) is 0 Å². The molecule has 1 aromatic carbocycles. The number of tetrazole rings is 1. The summed E-state index contributed by atoms with van der Waals surface area (Å²) in [7, 11) is 0. The first kappa shape index (κ1) is 16.3. The summed E-state index contributed by atoms with van der Waals surface area (Å²) in [6, 6.07) is 9.48. The van der Waals surface area contributed by atoms with Crippen LogP contribution in [0.15, 0.2) is 30.3 Å². The molecule has 10 nitrogen and oxygen atoms in total.